The summed E-state index contributed by atoms with van der Waals surface area (Å²) in [5.41, 5.74) is 0. The molecular weight excluding hydrogens is 635 g/mol. The van der Waals surface area contributed by atoms with Crippen molar-refractivity contribution in [3.8, 4) is 0 Å². The molecule has 0 aliphatic rings. The van der Waals surface area contributed by atoms with E-state index < -0.39 is 44.7 Å². The Morgan fingerprint density at radius 2 is 1.10 bits per heavy atom. The highest BCUT2D eigenvalue weighted by Crippen LogP contribution is 2.36. The zero-order valence-corrected chi connectivity index (χ0v) is 30.5. The number of esters is 2. The molecule has 278 valence electrons. The molecule has 0 saturated carbocycles. The predicted octanol–water partition coefficient (Wildman–Crippen LogP) is 8.34. The summed E-state index contributed by atoms with van der Waals surface area (Å²) < 4.78 is 26.1. The summed E-state index contributed by atoms with van der Waals surface area (Å²) in [7, 11) is -4.80. The lowest BCUT2D eigenvalue weighted by molar-refractivity contribution is -0.161. The SMILES string of the molecule is CCCCCCCCCCCCCC(=O)O[C@H](COC(=O)CCC[C@@H](O)/C=C/C=C\C/C=C\C=C\[C@@H](O)CCCCC)COP(=O)(O)O. The zero-order chi connectivity index (χ0) is 35.7. The Hall–Kier alpha value is -2.07. The van der Waals surface area contributed by atoms with Gasteiger partial charge in [0.15, 0.2) is 6.10 Å². The van der Waals surface area contributed by atoms with Gasteiger partial charge in [-0.25, -0.2) is 4.57 Å². The fourth-order valence-corrected chi connectivity index (χ4v) is 5.12. The van der Waals surface area contributed by atoms with Gasteiger partial charge in [-0.1, -0.05) is 146 Å². The lowest BCUT2D eigenvalue weighted by Crippen LogP contribution is -2.29. The molecule has 48 heavy (non-hydrogen) atoms. The average Bonchev–Trinajstić information content (AvgIpc) is 3.03. The standard InChI is InChI=1S/C37H65O10P/c1-3-5-7-8-9-10-11-12-16-19-23-29-37(41)47-35(32-46-48(42,43)44)31-45-36(40)30-24-28-34(39)27-22-18-15-13-14-17-21-26-33(38)25-20-6-4-2/h14-15,17-18,21-22,26-27,33-35,38-39H,3-13,16,19-20,23-25,28-32H2,1-2H3,(H2,42,43,44)/b17-14-,18-15-,26-21+,27-22+/t33-,34-,35+/m0/s1. The first-order valence-corrected chi connectivity index (χ1v) is 19.7. The number of aliphatic hydroxyl groups is 2. The molecule has 0 heterocycles. The molecule has 0 aliphatic carbocycles. The highest BCUT2D eigenvalue weighted by molar-refractivity contribution is 7.46. The van der Waals surface area contributed by atoms with E-state index in [0.717, 1.165) is 44.9 Å². The second kappa shape index (κ2) is 32.2. The highest BCUT2D eigenvalue weighted by Gasteiger charge is 2.23. The van der Waals surface area contributed by atoms with Gasteiger partial charge in [-0.3, -0.25) is 14.1 Å². The Morgan fingerprint density at radius 3 is 1.65 bits per heavy atom. The minimum Gasteiger partial charge on any atom is -0.462 e. The number of hydrogen-bond donors (Lipinski definition) is 4. The van der Waals surface area contributed by atoms with Crippen molar-refractivity contribution >= 4 is 19.8 Å². The van der Waals surface area contributed by atoms with Gasteiger partial charge in [0.05, 0.1) is 18.8 Å². The largest absolute Gasteiger partial charge is 0.469 e. The maximum atomic E-state index is 12.3. The van der Waals surface area contributed by atoms with E-state index in [1.165, 1.54) is 44.9 Å². The summed E-state index contributed by atoms with van der Waals surface area (Å²) in [6, 6.07) is 0. The topological polar surface area (TPSA) is 160 Å². The van der Waals surface area contributed by atoms with Crippen LogP contribution in [0.3, 0.4) is 0 Å². The van der Waals surface area contributed by atoms with E-state index in [2.05, 4.69) is 18.4 Å². The van der Waals surface area contributed by atoms with Gasteiger partial charge in [0, 0.05) is 12.8 Å². The van der Waals surface area contributed by atoms with Crippen molar-refractivity contribution in [3.63, 3.8) is 0 Å². The first-order chi connectivity index (χ1) is 23.1. The number of rotatable bonds is 32. The van der Waals surface area contributed by atoms with Crippen LogP contribution in [0.5, 0.6) is 0 Å². The van der Waals surface area contributed by atoms with Crippen LogP contribution in [-0.4, -0.2) is 63.5 Å². The maximum Gasteiger partial charge on any atom is 0.469 e. The number of unbranched alkanes of at least 4 members (excludes halogenated alkanes) is 12. The van der Waals surface area contributed by atoms with Gasteiger partial charge in [0.2, 0.25) is 0 Å². The molecule has 0 unspecified atom stereocenters. The number of ether oxygens (including phenoxy) is 2. The molecule has 10 nitrogen and oxygen atoms in total. The quantitative estimate of drug-likeness (QED) is 0.0232. The van der Waals surface area contributed by atoms with Gasteiger partial charge >= 0.3 is 19.8 Å². The van der Waals surface area contributed by atoms with Crippen molar-refractivity contribution in [2.24, 2.45) is 0 Å². The molecule has 0 fully saturated rings. The van der Waals surface area contributed by atoms with Gasteiger partial charge in [-0.05, 0) is 32.1 Å². The van der Waals surface area contributed by atoms with Crippen molar-refractivity contribution in [1.29, 1.82) is 0 Å². The molecule has 11 heteroatoms. The van der Waals surface area contributed by atoms with Crippen LogP contribution in [0, 0.1) is 0 Å². The Bertz CT molecular complexity index is 956. The van der Waals surface area contributed by atoms with E-state index >= 15 is 0 Å². The van der Waals surface area contributed by atoms with Gasteiger partial charge < -0.3 is 29.5 Å². The summed E-state index contributed by atoms with van der Waals surface area (Å²) in [5.74, 6) is -1.12. The molecule has 3 atom stereocenters. The van der Waals surface area contributed by atoms with Crippen LogP contribution >= 0.6 is 7.82 Å². The highest BCUT2D eigenvalue weighted by atomic mass is 31.2. The van der Waals surface area contributed by atoms with Crippen molar-refractivity contribution in [2.45, 2.75) is 161 Å². The summed E-state index contributed by atoms with van der Waals surface area (Å²) >= 11 is 0. The van der Waals surface area contributed by atoms with Gasteiger partial charge in [-0.2, -0.15) is 0 Å². The molecule has 0 spiro atoms. The zero-order valence-electron chi connectivity index (χ0n) is 29.6. The Balaban J connectivity index is 4.25. The number of allylic oxidation sites excluding steroid dienone is 6. The minimum absolute atomic E-state index is 0.0190. The first-order valence-electron chi connectivity index (χ1n) is 18.1. The van der Waals surface area contributed by atoms with E-state index in [1.54, 1.807) is 18.2 Å². The fourth-order valence-electron chi connectivity index (χ4n) is 4.76. The maximum absolute atomic E-state index is 12.3. The number of hydrogen-bond acceptors (Lipinski definition) is 8. The Morgan fingerprint density at radius 1 is 0.625 bits per heavy atom. The van der Waals surface area contributed by atoms with E-state index in [9.17, 15) is 24.4 Å². The third-order valence-electron chi connectivity index (χ3n) is 7.56. The van der Waals surface area contributed by atoms with Crippen LogP contribution in [0.4, 0.5) is 0 Å². The van der Waals surface area contributed by atoms with Crippen LogP contribution in [0.15, 0.2) is 48.6 Å². The smallest absolute Gasteiger partial charge is 0.462 e. The van der Waals surface area contributed by atoms with Crippen LogP contribution in [0.25, 0.3) is 0 Å². The summed E-state index contributed by atoms with van der Waals surface area (Å²) in [5, 5.41) is 20.0. The molecule has 0 aromatic carbocycles. The Kier molecular flexibility index (Phi) is 30.8. The third-order valence-corrected chi connectivity index (χ3v) is 8.04. The molecule has 0 saturated heterocycles. The normalized spacial score (nSPS) is 14.4. The lowest BCUT2D eigenvalue weighted by Gasteiger charge is -2.18. The van der Waals surface area contributed by atoms with Crippen LogP contribution < -0.4 is 0 Å². The lowest BCUT2D eigenvalue weighted by atomic mass is 10.1. The molecule has 0 aliphatic heterocycles. The van der Waals surface area contributed by atoms with Crippen molar-refractivity contribution in [1.82, 2.24) is 0 Å². The second-order valence-electron chi connectivity index (χ2n) is 12.3. The number of aliphatic hydroxyl groups excluding tert-OH is 2. The van der Waals surface area contributed by atoms with Crippen molar-refractivity contribution < 1.29 is 48.2 Å². The number of phosphoric ester groups is 1. The molecule has 0 rings (SSSR count). The summed E-state index contributed by atoms with van der Waals surface area (Å²) in [6.07, 6.45) is 30.5. The molecule has 0 radical (unpaired) electrons. The van der Waals surface area contributed by atoms with Gasteiger partial charge in [0.1, 0.15) is 6.61 Å². The minimum atomic E-state index is -4.80. The molecule has 0 aromatic heterocycles. The average molecular weight is 701 g/mol. The van der Waals surface area contributed by atoms with Crippen molar-refractivity contribution in [2.75, 3.05) is 13.2 Å². The second-order valence-corrected chi connectivity index (χ2v) is 13.5. The number of carbonyl (C=O) groups excluding carboxylic acids is 2. The summed E-state index contributed by atoms with van der Waals surface area (Å²) in [6.45, 7) is 3.35. The number of phosphoric acid groups is 1. The van der Waals surface area contributed by atoms with E-state index in [4.69, 9.17) is 19.3 Å². The molecule has 0 bridgehead atoms. The monoisotopic (exact) mass is 700 g/mol. The van der Waals surface area contributed by atoms with Gasteiger partial charge in [0.25, 0.3) is 0 Å². The summed E-state index contributed by atoms with van der Waals surface area (Å²) in [4.78, 5) is 42.6. The van der Waals surface area contributed by atoms with E-state index in [1.807, 2.05) is 30.4 Å². The van der Waals surface area contributed by atoms with Crippen LogP contribution in [0.2, 0.25) is 0 Å². The van der Waals surface area contributed by atoms with E-state index in [-0.39, 0.29) is 19.4 Å². The van der Waals surface area contributed by atoms with Crippen molar-refractivity contribution in [3.05, 3.63) is 48.6 Å². The molecular formula is C37H65O10P. The van der Waals surface area contributed by atoms with E-state index in [0.29, 0.717) is 25.7 Å². The third kappa shape index (κ3) is 33.8. The number of carbonyl (C=O) groups is 2. The molecule has 0 aromatic rings. The molecule has 4 N–H and O–H groups in total. The van der Waals surface area contributed by atoms with Crippen LogP contribution in [-0.2, 0) is 28.2 Å². The fraction of sp³-hybridized carbons (Fsp3) is 0.730. The molecule has 0 amide bonds. The Labute approximate surface area is 290 Å². The van der Waals surface area contributed by atoms with Gasteiger partial charge in [-0.15, -0.1) is 0 Å². The first kappa shape index (κ1) is 45.9. The van der Waals surface area contributed by atoms with Crippen LogP contribution in [0.1, 0.15) is 142 Å². The predicted molar refractivity (Wildman–Crippen MR) is 191 cm³/mol.